The van der Waals surface area contributed by atoms with Crippen molar-refractivity contribution < 1.29 is 0 Å². The van der Waals surface area contributed by atoms with Crippen LogP contribution in [0.5, 0.6) is 0 Å². The van der Waals surface area contributed by atoms with Gasteiger partial charge in [-0.3, -0.25) is 0 Å². The minimum absolute atomic E-state index is 1.27. The Morgan fingerprint density at radius 1 is 0.857 bits per heavy atom. The van der Waals surface area contributed by atoms with Crippen LogP contribution in [-0.2, 0) is 0 Å². The fourth-order valence-electron chi connectivity index (χ4n) is 1.68. The highest BCUT2D eigenvalue weighted by Gasteiger charge is 1.92. The molecule has 0 aliphatic carbocycles. The van der Waals surface area contributed by atoms with E-state index in [4.69, 9.17) is 0 Å². The summed E-state index contributed by atoms with van der Waals surface area (Å²) in [5.74, 6) is 0. The second-order valence-corrected chi connectivity index (χ2v) is 4.36. The largest absolute Gasteiger partial charge is 0.0856 e. The Bertz CT molecular complexity index is 133. The van der Waals surface area contributed by atoms with E-state index in [1.165, 1.54) is 57.8 Å². The van der Waals surface area contributed by atoms with Crippen molar-refractivity contribution in [1.82, 2.24) is 0 Å². The summed E-state index contributed by atoms with van der Waals surface area (Å²) >= 11 is 0. The van der Waals surface area contributed by atoms with Gasteiger partial charge in [-0.25, -0.2) is 0 Å². The fraction of sp³-hybridized carbons (Fsp3) is 0.857. The molecule has 0 heteroatoms. The number of hydrogen-bond donors (Lipinski definition) is 0. The van der Waals surface area contributed by atoms with E-state index in [0.29, 0.717) is 0 Å². The van der Waals surface area contributed by atoms with Gasteiger partial charge >= 0.3 is 0 Å². The Hall–Kier alpha value is -0.260. The molecule has 0 radical (unpaired) electrons. The van der Waals surface area contributed by atoms with E-state index in [2.05, 4.69) is 26.8 Å². The average molecular weight is 196 g/mol. The molecule has 0 bridgehead atoms. The highest BCUT2D eigenvalue weighted by atomic mass is 14.0. The third-order valence-corrected chi connectivity index (χ3v) is 2.71. The summed E-state index contributed by atoms with van der Waals surface area (Å²) in [5.41, 5.74) is 1.60. The summed E-state index contributed by atoms with van der Waals surface area (Å²) in [5, 5.41) is 0. The van der Waals surface area contributed by atoms with Crippen LogP contribution in [0.2, 0.25) is 0 Å². The van der Waals surface area contributed by atoms with Gasteiger partial charge in [-0.15, -0.1) is 0 Å². The monoisotopic (exact) mass is 196 g/mol. The molecule has 0 spiro atoms. The van der Waals surface area contributed by atoms with Gasteiger partial charge in [0.1, 0.15) is 0 Å². The first-order valence-corrected chi connectivity index (χ1v) is 6.46. The van der Waals surface area contributed by atoms with Gasteiger partial charge < -0.3 is 0 Å². The van der Waals surface area contributed by atoms with Crippen molar-refractivity contribution >= 4 is 0 Å². The maximum atomic E-state index is 2.41. The zero-order valence-corrected chi connectivity index (χ0v) is 10.4. The Morgan fingerprint density at radius 3 is 2.14 bits per heavy atom. The van der Waals surface area contributed by atoms with Gasteiger partial charge in [0.25, 0.3) is 0 Å². The van der Waals surface area contributed by atoms with Gasteiger partial charge in [-0.1, -0.05) is 64.0 Å². The highest BCUT2D eigenvalue weighted by Crippen LogP contribution is 2.12. The van der Waals surface area contributed by atoms with Crippen molar-refractivity contribution in [1.29, 1.82) is 0 Å². The van der Waals surface area contributed by atoms with Crippen molar-refractivity contribution in [2.24, 2.45) is 0 Å². The Balaban J connectivity index is 3.18. The lowest BCUT2D eigenvalue weighted by Crippen LogP contribution is -1.81. The molecule has 0 saturated carbocycles. The minimum atomic E-state index is 1.27. The molecule has 0 rings (SSSR count). The van der Waals surface area contributed by atoms with Crippen LogP contribution in [0.15, 0.2) is 11.6 Å². The number of rotatable bonds is 9. The lowest BCUT2D eigenvalue weighted by Gasteiger charge is -2.01. The summed E-state index contributed by atoms with van der Waals surface area (Å²) in [7, 11) is 0. The van der Waals surface area contributed by atoms with Crippen LogP contribution in [0.4, 0.5) is 0 Å². The van der Waals surface area contributed by atoms with E-state index in [9.17, 15) is 0 Å². The first-order valence-electron chi connectivity index (χ1n) is 6.46. The predicted molar refractivity (Wildman–Crippen MR) is 66.7 cm³/mol. The van der Waals surface area contributed by atoms with E-state index in [-0.39, 0.29) is 0 Å². The number of hydrogen-bond acceptors (Lipinski definition) is 0. The van der Waals surface area contributed by atoms with Crippen molar-refractivity contribution in [3.63, 3.8) is 0 Å². The lowest BCUT2D eigenvalue weighted by molar-refractivity contribution is 0.606. The van der Waals surface area contributed by atoms with Gasteiger partial charge in [0.05, 0.1) is 0 Å². The Kier molecular flexibility index (Phi) is 10.6. The zero-order valence-electron chi connectivity index (χ0n) is 10.4. The van der Waals surface area contributed by atoms with E-state index in [1.54, 1.807) is 5.57 Å². The predicted octanol–water partition coefficient (Wildman–Crippen LogP) is 5.48. The maximum absolute atomic E-state index is 2.41. The summed E-state index contributed by atoms with van der Waals surface area (Å²) in [6.45, 7) is 6.80. The summed E-state index contributed by atoms with van der Waals surface area (Å²) < 4.78 is 0. The van der Waals surface area contributed by atoms with Crippen molar-refractivity contribution in [3.05, 3.63) is 11.6 Å². The van der Waals surface area contributed by atoms with Crippen molar-refractivity contribution in [3.8, 4) is 0 Å². The molecule has 0 aromatic carbocycles. The molecule has 0 saturated heterocycles. The van der Waals surface area contributed by atoms with Gasteiger partial charge in [-0.2, -0.15) is 0 Å². The topological polar surface area (TPSA) is 0 Å². The Morgan fingerprint density at radius 2 is 1.50 bits per heavy atom. The van der Waals surface area contributed by atoms with E-state index in [1.807, 2.05) is 0 Å². The van der Waals surface area contributed by atoms with Gasteiger partial charge in [0, 0.05) is 0 Å². The minimum Gasteiger partial charge on any atom is -0.0856 e. The number of allylic oxidation sites excluding steroid dienone is 2. The molecule has 0 N–H and O–H groups in total. The molecular weight excluding hydrogens is 168 g/mol. The Labute approximate surface area is 90.8 Å². The van der Waals surface area contributed by atoms with Crippen LogP contribution in [0.3, 0.4) is 0 Å². The lowest BCUT2D eigenvalue weighted by atomic mass is 10.1. The SMILES string of the molecule is CCC/C=C(\C)CCCCCCCC. The van der Waals surface area contributed by atoms with Crippen LogP contribution < -0.4 is 0 Å². The first-order chi connectivity index (χ1) is 6.81. The molecule has 84 valence electrons. The van der Waals surface area contributed by atoms with Crippen molar-refractivity contribution in [2.45, 2.75) is 78.6 Å². The second-order valence-electron chi connectivity index (χ2n) is 4.36. The highest BCUT2D eigenvalue weighted by molar-refractivity contribution is 4.97. The summed E-state index contributed by atoms with van der Waals surface area (Å²) in [4.78, 5) is 0. The second kappa shape index (κ2) is 10.8. The molecule has 0 aromatic heterocycles. The van der Waals surface area contributed by atoms with E-state index < -0.39 is 0 Å². The number of unbranched alkanes of at least 4 members (excludes halogenated alkanes) is 6. The van der Waals surface area contributed by atoms with Gasteiger partial charge in [0.15, 0.2) is 0 Å². The van der Waals surface area contributed by atoms with Crippen LogP contribution >= 0.6 is 0 Å². The third kappa shape index (κ3) is 9.83. The van der Waals surface area contributed by atoms with Gasteiger partial charge in [-0.05, 0) is 26.2 Å². The standard InChI is InChI=1S/C14H28/c1-4-6-8-9-10-11-13-14(3)12-7-5-2/h12H,4-11,13H2,1-3H3/b14-12+. The molecule has 0 atom stereocenters. The molecule has 0 heterocycles. The van der Waals surface area contributed by atoms with Crippen LogP contribution in [0, 0.1) is 0 Å². The van der Waals surface area contributed by atoms with Crippen LogP contribution in [0.1, 0.15) is 78.6 Å². The van der Waals surface area contributed by atoms with Crippen LogP contribution in [0.25, 0.3) is 0 Å². The molecule has 0 unspecified atom stereocenters. The molecule has 0 amide bonds. The molecule has 0 aliphatic heterocycles. The maximum Gasteiger partial charge on any atom is -0.0323 e. The summed E-state index contributed by atoms with van der Waals surface area (Å²) in [6, 6.07) is 0. The van der Waals surface area contributed by atoms with Crippen LogP contribution in [-0.4, -0.2) is 0 Å². The van der Waals surface area contributed by atoms with Crippen molar-refractivity contribution in [2.75, 3.05) is 0 Å². The quantitative estimate of drug-likeness (QED) is 0.338. The first kappa shape index (κ1) is 13.7. The van der Waals surface area contributed by atoms with E-state index in [0.717, 1.165) is 0 Å². The third-order valence-electron chi connectivity index (χ3n) is 2.71. The normalized spacial score (nSPS) is 12.1. The zero-order chi connectivity index (χ0) is 10.6. The summed E-state index contributed by atoms with van der Waals surface area (Å²) in [6.07, 6.45) is 14.8. The molecule has 0 nitrogen and oxygen atoms in total. The molecule has 0 aromatic rings. The molecule has 0 fully saturated rings. The average Bonchev–Trinajstić information content (AvgIpc) is 2.20. The smallest absolute Gasteiger partial charge is 0.0323 e. The molecular formula is C14H28. The molecule has 0 aliphatic rings. The fourth-order valence-corrected chi connectivity index (χ4v) is 1.68. The molecule has 14 heavy (non-hydrogen) atoms. The van der Waals surface area contributed by atoms with E-state index >= 15 is 0 Å². The van der Waals surface area contributed by atoms with Gasteiger partial charge in [0.2, 0.25) is 0 Å².